The minimum atomic E-state index is -1.09. The number of benzene rings is 2. The van der Waals surface area contributed by atoms with E-state index in [1.54, 1.807) is 25.3 Å². The van der Waals surface area contributed by atoms with Gasteiger partial charge in [-0.25, -0.2) is 9.78 Å². The van der Waals surface area contributed by atoms with Gasteiger partial charge in [-0.05, 0) is 85.7 Å². The van der Waals surface area contributed by atoms with E-state index in [1.807, 2.05) is 49.4 Å². The lowest BCUT2D eigenvalue weighted by molar-refractivity contribution is -0.139. The van der Waals surface area contributed by atoms with Crippen LogP contribution in [0.5, 0.6) is 0 Å². The molecule has 0 saturated carbocycles. The third-order valence-corrected chi connectivity index (χ3v) is 7.30. The van der Waals surface area contributed by atoms with Crippen molar-refractivity contribution in [3.05, 3.63) is 88.6 Å². The highest BCUT2D eigenvalue weighted by atomic mass is 16.4. The number of aliphatic carboxylic acids is 1. The zero-order valence-electron chi connectivity index (χ0n) is 22.7. The first-order valence-electron chi connectivity index (χ1n) is 13.4. The lowest BCUT2D eigenvalue weighted by Gasteiger charge is -2.20. The summed E-state index contributed by atoms with van der Waals surface area (Å²) in [6.45, 7) is 7.93. The molecule has 2 aromatic carbocycles. The van der Waals surface area contributed by atoms with Crippen LogP contribution in [-0.2, 0) is 17.6 Å². The Morgan fingerprint density at radius 2 is 1.90 bits per heavy atom. The van der Waals surface area contributed by atoms with Crippen molar-refractivity contribution in [2.24, 2.45) is 5.92 Å². The van der Waals surface area contributed by atoms with Crippen LogP contribution in [0.25, 0.3) is 0 Å². The van der Waals surface area contributed by atoms with Crippen LogP contribution in [0.4, 0.5) is 11.5 Å². The fourth-order valence-corrected chi connectivity index (χ4v) is 5.13. The van der Waals surface area contributed by atoms with Gasteiger partial charge in [0.1, 0.15) is 11.9 Å². The molecule has 0 radical (unpaired) electrons. The van der Waals surface area contributed by atoms with Crippen LogP contribution in [0.3, 0.4) is 0 Å². The molecule has 8 heteroatoms. The number of hydrogen-bond acceptors (Lipinski definition) is 6. The Morgan fingerprint density at radius 1 is 1.13 bits per heavy atom. The number of nitrogens with one attached hydrogen (secondary N) is 2. The molecule has 1 amide bonds. The number of anilines is 2. The molecule has 1 fully saturated rings. The summed E-state index contributed by atoms with van der Waals surface area (Å²) < 4.78 is 0. The van der Waals surface area contributed by atoms with Gasteiger partial charge >= 0.3 is 5.97 Å². The van der Waals surface area contributed by atoms with Crippen LogP contribution < -0.4 is 15.5 Å². The Morgan fingerprint density at radius 3 is 2.54 bits per heavy atom. The molecule has 2 unspecified atom stereocenters. The zero-order chi connectivity index (χ0) is 27.9. The average Bonchev–Trinajstić information content (AvgIpc) is 3.41. The second-order valence-corrected chi connectivity index (χ2v) is 10.2. The number of nitrogens with zero attached hydrogens (tertiary/aromatic N) is 2. The third-order valence-electron chi connectivity index (χ3n) is 7.30. The smallest absolute Gasteiger partial charge is 0.326 e. The molecule has 0 aliphatic carbocycles. The van der Waals surface area contributed by atoms with E-state index >= 15 is 0 Å². The highest BCUT2D eigenvalue weighted by molar-refractivity contribution is 6.01. The maximum Gasteiger partial charge on any atom is 0.326 e. The lowest BCUT2D eigenvalue weighted by atomic mass is 9.94. The van der Waals surface area contributed by atoms with Crippen LogP contribution in [-0.4, -0.2) is 53.4 Å². The number of aromatic nitrogens is 1. The number of carbonyl (C=O) groups excluding carboxylic acids is 2. The normalized spacial score (nSPS) is 15.6. The topological polar surface area (TPSA) is 112 Å². The SMILES string of the molecule is CCc1cc(C(C)=O)cc(C)c1C(=O)NC(Cc1ccc(N2CCC(CNc3ccccn3)C2)cc1)C(=O)O. The maximum absolute atomic E-state index is 13.2. The van der Waals surface area contributed by atoms with Crippen molar-refractivity contribution >= 4 is 29.2 Å². The number of rotatable bonds is 11. The second-order valence-electron chi connectivity index (χ2n) is 10.2. The summed E-state index contributed by atoms with van der Waals surface area (Å²) in [7, 11) is 0. The summed E-state index contributed by atoms with van der Waals surface area (Å²) in [4.78, 5) is 43.7. The summed E-state index contributed by atoms with van der Waals surface area (Å²) in [6.07, 6.45) is 3.59. The van der Waals surface area contributed by atoms with Crippen molar-refractivity contribution in [3.63, 3.8) is 0 Å². The molecule has 0 bridgehead atoms. The monoisotopic (exact) mass is 528 g/mol. The van der Waals surface area contributed by atoms with Gasteiger partial charge in [0.25, 0.3) is 5.91 Å². The van der Waals surface area contributed by atoms with Gasteiger partial charge in [-0.1, -0.05) is 25.1 Å². The van der Waals surface area contributed by atoms with Gasteiger partial charge in [-0.3, -0.25) is 9.59 Å². The molecule has 39 heavy (non-hydrogen) atoms. The Kier molecular flexibility index (Phi) is 8.96. The number of carboxylic acid groups (broad SMARTS) is 1. The minimum Gasteiger partial charge on any atom is -0.480 e. The molecule has 4 rings (SSSR count). The molecular weight excluding hydrogens is 492 g/mol. The average molecular weight is 529 g/mol. The van der Waals surface area contributed by atoms with Gasteiger partial charge in [-0.15, -0.1) is 0 Å². The van der Waals surface area contributed by atoms with E-state index in [2.05, 4.69) is 20.5 Å². The standard InChI is InChI=1S/C31H36N4O4/c1-4-24-17-25(21(3)36)15-20(2)29(24)30(37)34-27(31(38)39)16-22-8-10-26(11-9-22)35-14-12-23(19-35)18-33-28-7-5-6-13-32-28/h5-11,13,15,17,23,27H,4,12,14,16,18-19H2,1-3H3,(H,32,33)(H,34,37)(H,38,39). The number of hydrogen-bond donors (Lipinski definition) is 3. The van der Waals surface area contributed by atoms with Crippen molar-refractivity contribution in [2.45, 2.75) is 46.1 Å². The molecule has 1 aliphatic rings. The molecule has 1 aliphatic heterocycles. The number of ketones is 1. The van der Waals surface area contributed by atoms with Crippen LogP contribution in [0.2, 0.25) is 0 Å². The number of Topliss-reactive ketones (excluding diaryl/α,β-unsaturated/α-hetero) is 1. The van der Waals surface area contributed by atoms with Crippen molar-refractivity contribution in [3.8, 4) is 0 Å². The van der Waals surface area contributed by atoms with Crippen LogP contribution >= 0.6 is 0 Å². The number of pyridine rings is 1. The molecule has 8 nitrogen and oxygen atoms in total. The number of amides is 1. The van der Waals surface area contributed by atoms with Crippen molar-refractivity contribution in [2.75, 3.05) is 29.9 Å². The van der Waals surface area contributed by atoms with Gasteiger partial charge < -0.3 is 20.6 Å². The summed E-state index contributed by atoms with van der Waals surface area (Å²) in [5.74, 6) is -0.205. The Bertz CT molecular complexity index is 1320. The summed E-state index contributed by atoms with van der Waals surface area (Å²) in [5, 5.41) is 16.0. The number of carbonyl (C=O) groups is 3. The van der Waals surface area contributed by atoms with Crippen LogP contribution in [0.1, 0.15) is 57.7 Å². The van der Waals surface area contributed by atoms with Gasteiger partial charge in [0.05, 0.1) is 0 Å². The molecule has 204 valence electrons. The molecule has 2 heterocycles. The quantitative estimate of drug-likeness (QED) is 0.314. The second kappa shape index (κ2) is 12.6. The van der Waals surface area contributed by atoms with E-state index in [0.29, 0.717) is 29.0 Å². The van der Waals surface area contributed by atoms with Crippen molar-refractivity contribution < 1.29 is 19.5 Å². The number of aryl methyl sites for hydroxylation is 2. The van der Waals surface area contributed by atoms with E-state index in [-0.39, 0.29) is 12.2 Å². The van der Waals surface area contributed by atoms with Crippen LogP contribution in [0, 0.1) is 12.8 Å². The summed E-state index contributed by atoms with van der Waals surface area (Å²) in [6, 6.07) is 16.1. The Hall–Kier alpha value is -4.20. The summed E-state index contributed by atoms with van der Waals surface area (Å²) in [5.41, 5.74) is 4.30. The summed E-state index contributed by atoms with van der Waals surface area (Å²) >= 11 is 0. The molecule has 1 saturated heterocycles. The third kappa shape index (κ3) is 7.02. The van der Waals surface area contributed by atoms with E-state index in [9.17, 15) is 19.5 Å². The maximum atomic E-state index is 13.2. The minimum absolute atomic E-state index is 0.0720. The first-order chi connectivity index (χ1) is 18.7. The molecule has 3 aromatic rings. The highest BCUT2D eigenvalue weighted by Crippen LogP contribution is 2.25. The Labute approximate surface area is 229 Å². The van der Waals surface area contributed by atoms with E-state index < -0.39 is 17.9 Å². The molecule has 2 atom stereocenters. The fraction of sp³-hybridized carbons (Fsp3) is 0.355. The predicted molar refractivity (Wildman–Crippen MR) is 153 cm³/mol. The van der Waals surface area contributed by atoms with E-state index in [0.717, 1.165) is 48.7 Å². The highest BCUT2D eigenvalue weighted by Gasteiger charge is 2.25. The van der Waals surface area contributed by atoms with Gasteiger partial charge in [0.2, 0.25) is 0 Å². The van der Waals surface area contributed by atoms with Crippen molar-refractivity contribution in [1.82, 2.24) is 10.3 Å². The molecule has 1 aromatic heterocycles. The first kappa shape index (κ1) is 27.8. The molecule has 0 spiro atoms. The lowest BCUT2D eigenvalue weighted by Crippen LogP contribution is -2.42. The Balaban J connectivity index is 1.37. The zero-order valence-corrected chi connectivity index (χ0v) is 22.7. The molecule has 3 N–H and O–H groups in total. The van der Waals surface area contributed by atoms with Crippen molar-refractivity contribution in [1.29, 1.82) is 0 Å². The van der Waals surface area contributed by atoms with Gasteiger partial charge in [0.15, 0.2) is 5.78 Å². The van der Waals surface area contributed by atoms with Gasteiger partial charge in [0, 0.05) is 49.1 Å². The van der Waals surface area contributed by atoms with E-state index in [1.165, 1.54) is 6.92 Å². The largest absolute Gasteiger partial charge is 0.480 e. The molecular formula is C31H36N4O4. The van der Waals surface area contributed by atoms with E-state index in [4.69, 9.17) is 0 Å². The number of carboxylic acids is 1. The van der Waals surface area contributed by atoms with Gasteiger partial charge in [-0.2, -0.15) is 0 Å². The fourth-order valence-electron chi connectivity index (χ4n) is 5.13. The predicted octanol–water partition coefficient (Wildman–Crippen LogP) is 4.52. The first-order valence-corrected chi connectivity index (χ1v) is 13.4. The van der Waals surface area contributed by atoms with Crippen LogP contribution in [0.15, 0.2) is 60.8 Å².